The van der Waals surface area contributed by atoms with Crippen LogP contribution in [0.4, 0.5) is 4.79 Å². The third kappa shape index (κ3) is 2.86. The molecule has 24 heavy (non-hydrogen) atoms. The van der Waals surface area contributed by atoms with Gasteiger partial charge >= 0.3 is 6.03 Å². The molecule has 128 valence electrons. The maximum absolute atomic E-state index is 12.6. The zero-order chi connectivity index (χ0) is 16.5. The summed E-state index contributed by atoms with van der Waals surface area (Å²) in [5.41, 5.74) is 0.922. The summed E-state index contributed by atoms with van der Waals surface area (Å²) in [6.45, 7) is 3.04. The largest absolute Gasteiger partial charge is 0.454 e. The first-order chi connectivity index (χ1) is 11.7. The number of hydrogen-bond acceptors (Lipinski definition) is 4. The molecule has 3 heterocycles. The molecule has 0 bridgehead atoms. The van der Waals surface area contributed by atoms with Crippen LogP contribution >= 0.6 is 0 Å². The summed E-state index contributed by atoms with van der Waals surface area (Å²) in [6, 6.07) is 5.74. The van der Waals surface area contributed by atoms with E-state index in [2.05, 4.69) is 5.32 Å². The monoisotopic (exact) mass is 331 g/mol. The first-order valence-corrected chi connectivity index (χ1v) is 8.41. The lowest BCUT2D eigenvalue weighted by Gasteiger charge is -2.37. The van der Waals surface area contributed by atoms with Crippen molar-refractivity contribution in [1.82, 2.24) is 15.1 Å². The van der Waals surface area contributed by atoms with Gasteiger partial charge in [0.15, 0.2) is 11.5 Å². The number of carbonyl (C=O) groups is 2. The van der Waals surface area contributed by atoms with E-state index in [0.29, 0.717) is 25.3 Å². The van der Waals surface area contributed by atoms with Crippen LogP contribution in [0.2, 0.25) is 0 Å². The van der Waals surface area contributed by atoms with Gasteiger partial charge < -0.3 is 24.6 Å². The van der Waals surface area contributed by atoms with E-state index in [1.54, 1.807) is 0 Å². The second-order valence-electron chi connectivity index (χ2n) is 6.43. The minimum Gasteiger partial charge on any atom is -0.454 e. The van der Waals surface area contributed by atoms with Crippen molar-refractivity contribution >= 4 is 11.9 Å². The van der Waals surface area contributed by atoms with Gasteiger partial charge in [-0.25, -0.2) is 4.79 Å². The molecule has 7 heteroatoms. The van der Waals surface area contributed by atoms with E-state index in [-0.39, 0.29) is 24.8 Å². The molecule has 3 aliphatic rings. The molecule has 7 nitrogen and oxygen atoms in total. The molecule has 1 aromatic carbocycles. The van der Waals surface area contributed by atoms with Crippen LogP contribution in [-0.4, -0.2) is 60.8 Å². The van der Waals surface area contributed by atoms with Crippen molar-refractivity contribution in [2.24, 2.45) is 0 Å². The summed E-state index contributed by atoms with van der Waals surface area (Å²) < 4.78 is 10.7. The fraction of sp³-hybridized carbons (Fsp3) is 0.529. The Kier molecular flexibility index (Phi) is 3.92. The third-order valence-corrected chi connectivity index (χ3v) is 4.87. The Hall–Kier alpha value is -2.44. The van der Waals surface area contributed by atoms with Crippen LogP contribution in [-0.2, 0) is 11.2 Å². The van der Waals surface area contributed by atoms with E-state index in [4.69, 9.17) is 9.47 Å². The fourth-order valence-corrected chi connectivity index (χ4v) is 3.61. The summed E-state index contributed by atoms with van der Waals surface area (Å²) in [5, 5.41) is 2.83. The number of fused-ring (bicyclic) bond motifs is 1. The Morgan fingerprint density at radius 2 is 2.12 bits per heavy atom. The predicted octanol–water partition coefficient (Wildman–Crippen LogP) is 0.974. The summed E-state index contributed by atoms with van der Waals surface area (Å²) in [4.78, 5) is 28.2. The first kappa shape index (κ1) is 15.1. The van der Waals surface area contributed by atoms with Gasteiger partial charge in [0.25, 0.3) is 0 Å². The highest BCUT2D eigenvalue weighted by atomic mass is 16.7. The molecule has 0 unspecified atom stereocenters. The average molecular weight is 331 g/mol. The number of amides is 3. The van der Waals surface area contributed by atoms with Gasteiger partial charge in [-0.3, -0.25) is 4.79 Å². The average Bonchev–Trinajstić information content (AvgIpc) is 3.23. The second-order valence-corrected chi connectivity index (χ2v) is 6.43. The van der Waals surface area contributed by atoms with Gasteiger partial charge in [0.05, 0.1) is 12.5 Å². The van der Waals surface area contributed by atoms with Crippen molar-refractivity contribution in [3.05, 3.63) is 23.8 Å². The molecule has 2 fully saturated rings. The van der Waals surface area contributed by atoms with E-state index in [0.717, 1.165) is 37.2 Å². The normalized spacial score (nSPS) is 22.7. The Bertz CT molecular complexity index is 663. The van der Waals surface area contributed by atoms with Crippen molar-refractivity contribution in [3.8, 4) is 11.5 Å². The lowest BCUT2D eigenvalue weighted by molar-refractivity contribution is -0.132. The van der Waals surface area contributed by atoms with Gasteiger partial charge in [0.2, 0.25) is 12.7 Å². The molecule has 3 amide bonds. The minimum absolute atomic E-state index is 0.00919. The van der Waals surface area contributed by atoms with E-state index < -0.39 is 0 Å². The molecule has 4 rings (SSSR count). The number of benzene rings is 1. The summed E-state index contributed by atoms with van der Waals surface area (Å²) in [6.07, 6.45) is 2.23. The highest BCUT2D eigenvalue weighted by molar-refractivity contribution is 5.80. The van der Waals surface area contributed by atoms with Crippen LogP contribution in [0, 0.1) is 0 Å². The van der Waals surface area contributed by atoms with Crippen LogP contribution in [0.5, 0.6) is 11.5 Å². The number of hydrogen-bond donors (Lipinski definition) is 1. The number of nitrogens with one attached hydrogen (secondary N) is 1. The molecule has 3 aliphatic heterocycles. The first-order valence-electron chi connectivity index (χ1n) is 8.41. The Morgan fingerprint density at radius 1 is 1.25 bits per heavy atom. The zero-order valence-corrected chi connectivity index (χ0v) is 13.5. The molecule has 1 atom stereocenters. The summed E-state index contributed by atoms with van der Waals surface area (Å²) in [7, 11) is 0. The van der Waals surface area contributed by atoms with Crippen LogP contribution in [0.15, 0.2) is 18.2 Å². The van der Waals surface area contributed by atoms with Crippen LogP contribution < -0.4 is 14.8 Å². The van der Waals surface area contributed by atoms with Gasteiger partial charge in [-0.1, -0.05) is 6.07 Å². The molecule has 1 aromatic rings. The Balaban J connectivity index is 1.39. The summed E-state index contributed by atoms with van der Waals surface area (Å²) in [5.74, 6) is 1.52. The molecule has 1 N–H and O–H groups in total. The van der Waals surface area contributed by atoms with Crippen LogP contribution in [0.25, 0.3) is 0 Å². The van der Waals surface area contributed by atoms with Gasteiger partial charge in [-0.15, -0.1) is 0 Å². The van der Waals surface area contributed by atoms with E-state index >= 15 is 0 Å². The SMILES string of the molecule is O=C(Cc1ccc2c(c1)OCO2)N1CCC[C@@H](N2CCNC2=O)C1. The molecule has 0 saturated carbocycles. The molecule has 0 aliphatic carbocycles. The molecule has 0 aromatic heterocycles. The maximum atomic E-state index is 12.6. The van der Waals surface area contributed by atoms with Crippen LogP contribution in [0.1, 0.15) is 18.4 Å². The number of ether oxygens (including phenoxy) is 2. The smallest absolute Gasteiger partial charge is 0.317 e. The third-order valence-electron chi connectivity index (χ3n) is 4.87. The minimum atomic E-state index is -0.00919. The maximum Gasteiger partial charge on any atom is 0.317 e. The number of nitrogens with zero attached hydrogens (tertiary/aromatic N) is 2. The highest BCUT2D eigenvalue weighted by Crippen LogP contribution is 2.32. The quantitative estimate of drug-likeness (QED) is 0.896. The number of carbonyl (C=O) groups excluding carboxylic acids is 2. The molecule has 0 radical (unpaired) electrons. The van der Waals surface area contributed by atoms with E-state index in [1.807, 2.05) is 28.0 Å². The number of piperidine rings is 1. The standard InChI is InChI=1S/C17H21N3O4/c21-16(9-12-3-4-14-15(8-12)24-11-23-14)19-6-1-2-13(10-19)20-7-5-18-17(20)22/h3-4,8,13H,1-2,5-7,9-11H2,(H,18,22)/t13-/m1/s1. The lowest BCUT2D eigenvalue weighted by Crippen LogP contribution is -2.51. The van der Waals surface area contributed by atoms with Crippen molar-refractivity contribution in [2.75, 3.05) is 33.0 Å². The van der Waals surface area contributed by atoms with Gasteiger partial charge in [0.1, 0.15) is 0 Å². The highest BCUT2D eigenvalue weighted by Gasteiger charge is 2.32. The number of rotatable bonds is 3. The zero-order valence-electron chi connectivity index (χ0n) is 13.5. The number of likely N-dealkylation sites (tertiary alicyclic amines) is 1. The topological polar surface area (TPSA) is 71.1 Å². The fourth-order valence-electron chi connectivity index (χ4n) is 3.61. The predicted molar refractivity (Wildman–Crippen MR) is 86.0 cm³/mol. The Morgan fingerprint density at radius 3 is 2.96 bits per heavy atom. The lowest BCUT2D eigenvalue weighted by atomic mass is 10.0. The molecular weight excluding hydrogens is 310 g/mol. The summed E-state index contributed by atoms with van der Waals surface area (Å²) >= 11 is 0. The molecular formula is C17H21N3O4. The van der Waals surface area contributed by atoms with Gasteiger partial charge in [-0.2, -0.15) is 0 Å². The van der Waals surface area contributed by atoms with Gasteiger partial charge in [-0.05, 0) is 30.5 Å². The molecule has 2 saturated heterocycles. The Labute approximate surface area is 140 Å². The van der Waals surface area contributed by atoms with Crippen molar-refractivity contribution < 1.29 is 19.1 Å². The van der Waals surface area contributed by atoms with Crippen molar-refractivity contribution in [3.63, 3.8) is 0 Å². The van der Waals surface area contributed by atoms with E-state index in [1.165, 1.54) is 0 Å². The van der Waals surface area contributed by atoms with Crippen LogP contribution in [0.3, 0.4) is 0 Å². The van der Waals surface area contributed by atoms with Crippen molar-refractivity contribution in [2.45, 2.75) is 25.3 Å². The number of urea groups is 1. The molecule has 0 spiro atoms. The second kappa shape index (κ2) is 6.22. The van der Waals surface area contributed by atoms with Crippen molar-refractivity contribution in [1.29, 1.82) is 0 Å². The van der Waals surface area contributed by atoms with E-state index in [9.17, 15) is 9.59 Å². The van der Waals surface area contributed by atoms with Gasteiger partial charge in [0, 0.05) is 26.2 Å².